The molecule has 120 valence electrons. The Labute approximate surface area is 123 Å². The van der Waals surface area contributed by atoms with Crippen LogP contribution in [0.25, 0.3) is 0 Å². The molecule has 0 saturated carbocycles. The molecule has 0 aromatic carbocycles. The molecule has 2 unspecified atom stereocenters. The molecule has 1 fully saturated rings. The van der Waals surface area contributed by atoms with Gasteiger partial charge in [0, 0.05) is 32.3 Å². The Morgan fingerprint density at radius 2 is 1.85 bits per heavy atom. The van der Waals surface area contributed by atoms with Crippen molar-refractivity contribution in [3.63, 3.8) is 0 Å². The smallest absolute Gasteiger partial charge is 0.0701 e. The van der Waals surface area contributed by atoms with Crippen LogP contribution in [0.4, 0.5) is 0 Å². The minimum Gasteiger partial charge on any atom is -0.382 e. The third-order valence-corrected chi connectivity index (χ3v) is 4.11. The standard InChI is InChI=1S/C15H31NO4/c1-4-16-13-15(6-8-20-14(15)2)5-7-18-11-12-19-10-9-17-3/h14,16H,4-13H2,1-3H3. The topological polar surface area (TPSA) is 49.0 Å². The fraction of sp³-hybridized carbons (Fsp3) is 1.00. The van der Waals surface area contributed by atoms with Crippen LogP contribution in [-0.4, -0.2) is 65.9 Å². The van der Waals surface area contributed by atoms with Gasteiger partial charge in [0.05, 0.1) is 32.5 Å². The first kappa shape index (κ1) is 17.9. The second-order valence-electron chi connectivity index (χ2n) is 5.37. The maximum atomic E-state index is 5.75. The van der Waals surface area contributed by atoms with E-state index in [1.165, 1.54) is 0 Å². The summed E-state index contributed by atoms with van der Waals surface area (Å²) in [4.78, 5) is 0. The molecule has 0 radical (unpaired) electrons. The molecule has 20 heavy (non-hydrogen) atoms. The van der Waals surface area contributed by atoms with Gasteiger partial charge in [0.25, 0.3) is 0 Å². The van der Waals surface area contributed by atoms with Gasteiger partial charge in [-0.2, -0.15) is 0 Å². The van der Waals surface area contributed by atoms with Crippen molar-refractivity contribution in [3.8, 4) is 0 Å². The Kier molecular flexibility index (Phi) is 9.39. The second-order valence-corrected chi connectivity index (χ2v) is 5.37. The summed E-state index contributed by atoms with van der Waals surface area (Å²) >= 11 is 0. The van der Waals surface area contributed by atoms with Gasteiger partial charge in [0.15, 0.2) is 0 Å². The summed E-state index contributed by atoms with van der Waals surface area (Å²) in [5.74, 6) is 0. The first-order chi connectivity index (χ1) is 9.75. The van der Waals surface area contributed by atoms with Crippen LogP contribution >= 0.6 is 0 Å². The maximum Gasteiger partial charge on any atom is 0.0701 e. The molecular formula is C15H31NO4. The van der Waals surface area contributed by atoms with Crippen LogP contribution in [0.15, 0.2) is 0 Å². The zero-order valence-electron chi connectivity index (χ0n) is 13.3. The van der Waals surface area contributed by atoms with Crippen molar-refractivity contribution in [1.82, 2.24) is 5.32 Å². The predicted octanol–water partition coefficient (Wildman–Crippen LogP) is 1.46. The highest BCUT2D eigenvalue weighted by Crippen LogP contribution is 2.37. The lowest BCUT2D eigenvalue weighted by atomic mass is 9.78. The molecule has 0 aliphatic carbocycles. The second kappa shape index (κ2) is 10.5. The van der Waals surface area contributed by atoms with E-state index in [2.05, 4.69) is 19.2 Å². The molecule has 1 rings (SSSR count). The molecule has 2 atom stereocenters. The van der Waals surface area contributed by atoms with Gasteiger partial charge in [-0.1, -0.05) is 6.92 Å². The fourth-order valence-corrected chi connectivity index (χ4v) is 2.58. The molecule has 1 N–H and O–H groups in total. The lowest BCUT2D eigenvalue weighted by molar-refractivity contribution is 0.00466. The Balaban J connectivity index is 2.13. The van der Waals surface area contributed by atoms with Crippen molar-refractivity contribution in [2.45, 2.75) is 32.8 Å². The van der Waals surface area contributed by atoms with Crippen LogP contribution in [0.2, 0.25) is 0 Å². The van der Waals surface area contributed by atoms with Crippen molar-refractivity contribution in [3.05, 3.63) is 0 Å². The summed E-state index contributed by atoms with van der Waals surface area (Å²) in [6.07, 6.45) is 2.47. The third kappa shape index (κ3) is 6.06. The van der Waals surface area contributed by atoms with E-state index < -0.39 is 0 Å². The number of nitrogens with one attached hydrogen (secondary N) is 1. The average molecular weight is 289 g/mol. The summed E-state index contributed by atoms with van der Waals surface area (Å²) in [7, 11) is 1.68. The predicted molar refractivity (Wildman–Crippen MR) is 79.1 cm³/mol. The van der Waals surface area contributed by atoms with Gasteiger partial charge < -0.3 is 24.3 Å². The summed E-state index contributed by atoms with van der Waals surface area (Å²) in [5, 5.41) is 3.46. The van der Waals surface area contributed by atoms with Gasteiger partial charge in [0.2, 0.25) is 0 Å². The van der Waals surface area contributed by atoms with Crippen molar-refractivity contribution < 1.29 is 18.9 Å². The van der Waals surface area contributed by atoms with Gasteiger partial charge >= 0.3 is 0 Å². The lowest BCUT2D eigenvalue weighted by Crippen LogP contribution is -2.40. The van der Waals surface area contributed by atoms with Crippen LogP contribution in [-0.2, 0) is 18.9 Å². The summed E-state index contributed by atoms with van der Waals surface area (Å²) < 4.78 is 21.7. The zero-order chi connectivity index (χ0) is 14.7. The van der Waals surface area contributed by atoms with Crippen LogP contribution in [0.3, 0.4) is 0 Å². The van der Waals surface area contributed by atoms with E-state index in [4.69, 9.17) is 18.9 Å². The average Bonchev–Trinajstić information content (AvgIpc) is 2.81. The number of rotatable bonds is 12. The Morgan fingerprint density at radius 3 is 2.45 bits per heavy atom. The Hall–Kier alpha value is -0.200. The summed E-state index contributed by atoms with van der Waals surface area (Å²) in [5.41, 5.74) is 0.229. The molecular weight excluding hydrogens is 258 g/mol. The minimum absolute atomic E-state index is 0.229. The number of hydrogen-bond donors (Lipinski definition) is 1. The maximum absolute atomic E-state index is 5.75. The van der Waals surface area contributed by atoms with Gasteiger partial charge in [-0.05, 0) is 26.3 Å². The Bertz CT molecular complexity index is 240. The van der Waals surface area contributed by atoms with Crippen molar-refractivity contribution in [1.29, 1.82) is 0 Å². The van der Waals surface area contributed by atoms with Gasteiger partial charge in [-0.15, -0.1) is 0 Å². The molecule has 5 nitrogen and oxygen atoms in total. The minimum atomic E-state index is 0.229. The SMILES string of the molecule is CCNCC1(CCOCCOCCOC)CCOC1C. The molecule has 1 aliphatic rings. The van der Waals surface area contributed by atoms with Crippen LogP contribution < -0.4 is 5.32 Å². The molecule has 1 saturated heterocycles. The molecule has 1 aliphatic heterocycles. The summed E-state index contributed by atoms with van der Waals surface area (Å²) in [6, 6.07) is 0. The molecule has 0 aromatic rings. The van der Waals surface area contributed by atoms with E-state index >= 15 is 0 Å². The molecule has 0 amide bonds. The van der Waals surface area contributed by atoms with E-state index in [1.807, 2.05) is 0 Å². The summed E-state index contributed by atoms with van der Waals surface area (Å²) in [6.45, 7) is 10.5. The van der Waals surface area contributed by atoms with E-state index in [0.717, 1.165) is 39.1 Å². The zero-order valence-corrected chi connectivity index (χ0v) is 13.3. The monoisotopic (exact) mass is 289 g/mol. The van der Waals surface area contributed by atoms with Gasteiger partial charge in [0.1, 0.15) is 0 Å². The van der Waals surface area contributed by atoms with Crippen LogP contribution in [0.1, 0.15) is 26.7 Å². The van der Waals surface area contributed by atoms with Crippen molar-refractivity contribution in [2.24, 2.45) is 5.41 Å². The largest absolute Gasteiger partial charge is 0.382 e. The highest BCUT2D eigenvalue weighted by molar-refractivity contribution is 4.91. The van der Waals surface area contributed by atoms with Gasteiger partial charge in [-0.3, -0.25) is 0 Å². The van der Waals surface area contributed by atoms with Crippen molar-refractivity contribution in [2.75, 3.05) is 59.8 Å². The first-order valence-electron chi connectivity index (χ1n) is 7.72. The van der Waals surface area contributed by atoms with Crippen LogP contribution in [0, 0.1) is 5.41 Å². The van der Waals surface area contributed by atoms with Gasteiger partial charge in [-0.25, -0.2) is 0 Å². The van der Waals surface area contributed by atoms with E-state index in [0.29, 0.717) is 32.5 Å². The first-order valence-corrected chi connectivity index (χ1v) is 7.72. The fourth-order valence-electron chi connectivity index (χ4n) is 2.58. The molecule has 5 heteroatoms. The van der Waals surface area contributed by atoms with Crippen LogP contribution in [0.5, 0.6) is 0 Å². The number of methoxy groups -OCH3 is 1. The van der Waals surface area contributed by atoms with E-state index in [9.17, 15) is 0 Å². The van der Waals surface area contributed by atoms with Crippen molar-refractivity contribution >= 4 is 0 Å². The number of ether oxygens (including phenoxy) is 4. The molecule has 1 heterocycles. The molecule has 0 spiro atoms. The highest BCUT2D eigenvalue weighted by atomic mass is 16.5. The third-order valence-electron chi connectivity index (χ3n) is 4.11. The molecule has 0 bridgehead atoms. The highest BCUT2D eigenvalue weighted by Gasteiger charge is 2.40. The number of hydrogen-bond acceptors (Lipinski definition) is 5. The Morgan fingerprint density at radius 1 is 1.15 bits per heavy atom. The molecule has 0 aromatic heterocycles. The normalized spacial score (nSPS) is 26.2. The lowest BCUT2D eigenvalue weighted by Gasteiger charge is -2.32. The van der Waals surface area contributed by atoms with E-state index in [1.54, 1.807) is 7.11 Å². The quantitative estimate of drug-likeness (QED) is 0.551. The van der Waals surface area contributed by atoms with E-state index in [-0.39, 0.29) is 5.41 Å².